The van der Waals surface area contributed by atoms with E-state index >= 15 is 0 Å². The standard InChI is InChI=1S/C34H35N3O3/c1-26-12-14-29(15-13-26)33(34(39)35-30-16-18-31(19-17-30)36-20-22-40-23-21-36)37(25-28-10-6-3-7-11-28)32(38)24-27-8-4-2-5-9-27/h2-19,33H,20-25H2,1H3,(H,35,39)/t33-/m1/s1. The Hall–Kier alpha value is -4.42. The van der Waals surface area contributed by atoms with Crippen LogP contribution in [0.3, 0.4) is 0 Å². The van der Waals surface area contributed by atoms with Gasteiger partial charge in [-0.05, 0) is 47.9 Å². The molecule has 1 N–H and O–H groups in total. The Balaban J connectivity index is 1.45. The molecule has 0 radical (unpaired) electrons. The molecule has 6 heteroatoms. The molecule has 1 atom stereocenters. The van der Waals surface area contributed by atoms with Crippen molar-refractivity contribution in [3.63, 3.8) is 0 Å². The fourth-order valence-corrected chi connectivity index (χ4v) is 4.98. The minimum atomic E-state index is -0.809. The summed E-state index contributed by atoms with van der Waals surface area (Å²) >= 11 is 0. The number of hydrogen-bond donors (Lipinski definition) is 1. The van der Waals surface area contributed by atoms with Crippen LogP contribution >= 0.6 is 0 Å². The summed E-state index contributed by atoms with van der Waals surface area (Å²) in [5.41, 5.74) is 5.52. The van der Waals surface area contributed by atoms with Gasteiger partial charge >= 0.3 is 0 Å². The molecule has 1 aliphatic heterocycles. The van der Waals surface area contributed by atoms with Crippen LogP contribution in [0, 0.1) is 6.92 Å². The number of amides is 2. The Labute approximate surface area is 236 Å². The van der Waals surface area contributed by atoms with E-state index in [0.29, 0.717) is 25.4 Å². The lowest BCUT2D eigenvalue weighted by Gasteiger charge is -2.32. The molecule has 0 unspecified atom stereocenters. The molecule has 0 saturated carbocycles. The first kappa shape index (κ1) is 27.2. The Morgan fingerprint density at radius 3 is 2.02 bits per heavy atom. The number of carbonyl (C=O) groups excluding carboxylic acids is 2. The third kappa shape index (κ3) is 6.96. The first-order valence-corrected chi connectivity index (χ1v) is 13.7. The number of anilines is 2. The third-order valence-electron chi connectivity index (χ3n) is 7.18. The molecule has 204 valence electrons. The van der Waals surface area contributed by atoms with E-state index < -0.39 is 6.04 Å². The highest BCUT2D eigenvalue weighted by Gasteiger charge is 2.32. The molecule has 40 heavy (non-hydrogen) atoms. The van der Waals surface area contributed by atoms with E-state index in [1.54, 1.807) is 4.90 Å². The maximum absolute atomic E-state index is 14.0. The average Bonchev–Trinajstić information content (AvgIpc) is 2.99. The molecule has 0 aliphatic carbocycles. The molecular weight excluding hydrogens is 498 g/mol. The summed E-state index contributed by atoms with van der Waals surface area (Å²) in [6.07, 6.45) is 0.206. The number of rotatable bonds is 9. The maximum Gasteiger partial charge on any atom is 0.251 e. The van der Waals surface area contributed by atoms with Crippen LogP contribution in [0.5, 0.6) is 0 Å². The molecule has 5 rings (SSSR count). The van der Waals surface area contributed by atoms with Crippen molar-refractivity contribution in [1.29, 1.82) is 0 Å². The molecule has 2 amide bonds. The van der Waals surface area contributed by atoms with Gasteiger partial charge < -0.3 is 19.9 Å². The molecule has 0 spiro atoms. The second kappa shape index (κ2) is 13.1. The summed E-state index contributed by atoms with van der Waals surface area (Å²) in [6.45, 7) is 5.44. The van der Waals surface area contributed by atoms with Gasteiger partial charge in [0.25, 0.3) is 5.91 Å². The second-order valence-corrected chi connectivity index (χ2v) is 10.1. The lowest BCUT2D eigenvalue weighted by Crippen LogP contribution is -2.41. The predicted octanol–water partition coefficient (Wildman–Crippen LogP) is 5.78. The number of hydrogen-bond acceptors (Lipinski definition) is 4. The largest absolute Gasteiger partial charge is 0.378 e. The number of ether oxygens (including phenoxy) is 1. The van der Waals surface area contributed by atoms with E-state index in [0.717, 1.165) is 41.0 Å². The van der Waals surface area contributed by atoms with Crippen LogP contribution < -0.4 is 10.2 Å². The molecule has 1 saturated heterocycles. The first-order chi connectivity index (χ1) is 19.6. The van der Waals surface area contributed by atoms with Crippen LogP contribution in [0.15, 0.2) is 109 Å². The Morgan fingerprint density at radius 1 is 0.800 bits per heavy atom. The van der Waals surface area contributed by atoms with E-state index in [4.69, 9.17) is 4.74 Å². The molecule has 0 aromatic heterocycles. The van der Waals surface area contributed by atoms with E-state index in [1.165, 1.54) is 0 Å². The van der Waals surface area contributed by atoms with Crippen LogP contribution in [-0.4, -0.2) is 43.0 Å². The van der Waals surface area contributed by atoms with Crippen LogP contribution in [-0.2, 0) is 27.3 Å². The summed E-state index contributed by atoms with van der Waals surface area (Å²) in [5.74, 6) is -0.362. The van der Waals surface area contributed by atoms with Gasteiger partial charge in [-0.15, -0.1) is 0 Å². The summed E-state index contributed by atoms with van der Waals surface area (Å²) in [7, 11) is 0. The molecule has 4 aromatic rings. The molecule has 1 aliphatic rings. The molecule has 4 aromatic carbocycles. The monoisotopic (exact) mass is 533 g/mol. The van der Waals surface area contributed by atoms with Crippen molar-refractivity contribution in [2.45, 2.75) is 25.9 Å². The number of nitrogens with zero attached hydrogens (tertiary/aromatic N) is 2. The predicted molar refractivity (Wildman–Crippen MR) is 159 cm³/mol. The number of benzene rings is 4. The Kier molecular flexibility index (Phi) is 8.89. The highest BCUT2D eigenvalue weighted by molar-refractivity contribution is 5.98. The fraction of sp³-hybridized carbons (Fsp3) is 0.235. The maximum atomic E-state index is 14.0. The van der Waals surface area contributed by atoms with Gasteiger partial charge in [0.05, 0.1) is 19.6 Å². The van der Waals surface area contributed by atoms with Gasteiger partial charge in [0.2, 0.25) is 5.91 Å². The number of morpholine rings is 1. The van der Waals surface area contributed by atoms with Crippen LogP contribution in [0.4, 0.5) is 11.4 Å². The number of carbonyl (C=O) groups is 2. The van der Waals surface area contributed by atoms with Crippen molar-refractivity contribution in [2.75, 3.05) is 36.5 Å². The number of nitrogens with one attached hydrogen (secondary N) is 1. The van der Waals surface area contributed by atoms with Crippen molar-refractivity contribution in [1.82, 2.24) is 4.90 Å². The summed E-state index contributed by atoms with van der Waals surface area (Å²) in [4.78, 5) is 31.9. The molecular formula is C34H35N3O3. The van der Waals surface area contributed by atoms with E-state index in [-0.39, 0.29) is 18.2 Å². The highest BCUT2D eigenvalue weighted by atomic mass is 16.5. The molecule has 0 bridgehead atoms. The minimum Gasteiger partial charge on any atom is -0.378 e. The lowest BCUT2D eigenvalue weighted by atomic mass is 10.00. The summed E-state index contributed by atoms with van der Waals surface area (Å²) in [6, 6.07) is 34.4. The van der Waals surface area contributed by atoms with Gasteiger partial charge in [0.15, 0.2) is 0 Å². The van der Waals surface area contributed by atoms with Crippen molar-refractivity contribution in [2.24, 2.45) is 0 Å². The first-order valence-electron chi connectivity index (χ1n) is 13.7. The van der Waals surface area contributed by atoms with Crippen molar-refractivity contribution in [3.05, 3.63) is 131 Å². The van der Waals surface area contributed by atoms with Crippen molar-refractivity contribution >= 4 is 23.2 Å². The van der Waals surface area contributed by atoms with Gasteiger partial charge in [0, 0.05) is 31.0 Å². The second-order valence-electron chi connectivity index (χ2n) is 10.1. The SMILES string of the molecule is Cc1ccc([C@H](C(=O)Nc2ccc(N3CCOCC3)cc2)N(Cc2ccccc2)C(=O)Cc2ccccc2)cc1. The van der Waals surface area contributed by atoms with Gasteiger partial charge in [-0.3, -0.25) is 9.59 Å². The van der Waals surface area contributed by atoms with Crippen LogP contribution in [0.25, 0.3) is 0 Å². The summed E-state index contributed by atoms with van der Waals surface area (Å²) in [5, 5.41) is 3.09. The van der Waals surface area contributed by atoms with Crippen LogP contribution in [0.2, 0.25) is 0 Å². The molecule has 6 nitrogen and oxygen atoms in total. The number of aryl methyl sites for hydroxylation is 1. The minimum absolute atomic E-state index is 0.113. The van der Waals surface area contributed by atoms with Crippen molar-refractivity contribution in [3.8, 4) is 0 Å². The zero-order valence-corrected chi connectivity index (χ0v) is 22.8. The topological polar surface area (TPSA) is 61.9 Å². The smallest absolute Gasteiger partial charge is 0.251 e. The van der Waals surface area contributed by atoms with Crippen LogP contribution in [0.1, 0.15) is 28.3 Å². The summed E-state index contributed by atoms with van der Waals surface area (Å²) < 4.78 is 5.46. The molecule has 1 heterocycles. The highest BCUT2D eigenvalue weighted by Crippen LogP contribution is 2.28. The molecule has 1 fully saturated rings. The fourth-order valence-electron chi connectivity index (χ4n) is 4.98. The van der Waals surface area contributed by atoms with Gasteiger partial charge in [-0.1, -0.05) is 90.5 Å². The Morgan fingerprint density at radius 2 is 1.40 bits per heavy atom. The van der Waals surface area contributed by atoms with E-state index in [1.807, 2.05) is 116 Å². The van der Waals surface area contributed by atoms with E-state index in [9.17, 15) is 9.59 Å². The normalized spacial score (nSPS) is 13.9. The average molecular weight is 534 g/mol. The van der Waals surface area contributed by atoms with E-state index in [2.05, 4.69) is 10.2 Å². The quantitative estimate of drug-likeness (QED) is 0.296. The lowest BCUT2D eigenvalue weighted by molar-refractivity contribution is -0.139. The van der Waals surface area contributed by atoms with Gasteiger partial charge in [-0.2, -0.15) is 0 Å². The Bertz CT molecular complexity index is 1380. The zero-order valence-electron chi connectivity index (χ0n) is 22.8. The third-order valence-corrected chi connectivity index (χ3v) is 7.18. The van der Waals surface area contributed by atoms with Gasteiger partial charge in [0.1, 0.15) is 6.04 Å². The van der Waals surface area contributed by atoms with Gasteiger partial charge in [-0.25, -0.2) is 0 Å². The zero-order chi connectivity index (χ0) is 27.7. The van der Waals surface area contributed by atoms with Crippen molar-refractivity contribution < 1.29 is 14.3 Å².